The number of hydrogen-bond donors (Lipinski definition) is 1. The van der Waals surface area contributed by atoms with Crippen LogP contribution in [0.5, 0.6) is 0 Å². The van der Waals surface area contributed by atoms with Crippen molar-refractivity contribution >= 4 is 50.1 Å². The molecule has 6 rings (SSSR count). The zero-order valence-corrected chi connectivity index (χ0v) is 18.5. The van der Waals surface area contributed by atoms with Gasteiger partial charge in [0.1, 0.15) is 5.82 Å². The van der Waals surface area contributed by atoms with Crippen LogP contribution >= 0.6 is 39.0 Å². The van der Waals surface area contributed by atoms with Gasteiger partial charge in [-0.2, -0.15) is 0 Å². The van der Waals surface area contributed by atoms with E-state index in [2.05, 4.69) is 31.4 Å². The Morgan fingerprint density at radius 1 is 1.21 bits per heavy atom. The summed E-state index contributed by atoms with van der Waals surface area (Å²) >= 11 is 6.92. The van der Waals surface area contributed by atoms with Crippen LogP contribution in [0, 0.1) is 23.1 Å². The molecule has 0 saturated heterocycles. The second kappa shape index (κ2) is 7.06. The van der Waals surface area contributed by atoms with E-state index in [0.717, 1.165) is 29.2 Å². The van der Waals surface area contributed by atoms with Crippen molar-refractivity contribution in [2.75, 3.05) is 5.32 Å². The fourth-order valence-electron chi connectivity index (χ4n) is 5.69. The topological polar surface area (TPSA) is 54.9 Å². The molecule has 4 nitrogen and oxygen atoms in total. The number of thioether (sulfide) groups is 1. The molecule has 4 bridgehead atoms. The van der Waals surface area contributed by atoms with E-state index < -0.39 is 0 Å². The lowest BCUT2D eigenvalue weighted by atomic mass is 9.49. The van der Waals surface area contributed by atoms with Gasteiger partial charge < -0.3 is 5.32 Å². The van der Waals surface area contributed by atoms with Crippen molar-refractivity contribution in [2.24, 2.45) is 17.3 Å². The minimum absolute atomic E-state index is 0.122. The molecule has 2 unspecified atom stereocenters. The SMILES string of the molecule is O=C(Nc1nnc(SCc2ccc(F)cc2)s1)C12CC3CC(CC(Br)(C3)C1)C2. The Bertz CT molecular complexity index is 889. The first-order valence-corrected chi connectivity index (χ1v) is 12.2. The average Bonchev–Trinajstić information content (AvgIpc) is 3.06. The molecular formula is C20H21BrFN3OS2. The van der Waals surface area contributed by atoms with Crippen LogP contribution in [0.1, 0.15) is 44.1 Å². The van der Waals surface area contributed by atoms with Crippen LogP contribution in [0.25, 0.3) is 0 Å². The first-order valence-electron chi connectivity index (χ1n) is 9.63. The molecule has 148 valence electrons. The van der Waals surface area contributed by atoms with Crippen LogP contribution in [-0.4, -0.2) is 20.4 Å². The van der Waals surface area contributed by atoms with Crippen LogP contribution in [0.2, 0.25) is 0 Å². The summed E-state index contributed by atoms with van der Waals surface area (Å²) in [5.41, 5.74) is 0.782. The summed E-state index contributed by atoms with van der Waals surface area (Å²) in [5, 5.41) is 12.0. The molecule has 4 aliphatic rings. The summed E-state index contributed by atoms with van der Waals surface area (Å²) in [6, 6.07) is 6.47. The molecule has 8 heteroatoms. The highest BCUT2D eigenvalue weighted by Gasteiger charge is 2.59. The molecule has 4 saturated carbocycles. The molecule has 28 heavy (non-hydrogen) atoms. The first kappa shape index (κ1) is 19.0. The summed E-state index contributed by atoms with van der Waals surface area (Å²) in [5.74, 6) is 1.92. The zero-order valence-electron chi connectivity index (χ0n) is 15.3. The number of anilines is 1. The molecule has 0 aliphatic heterocycles. The van der Waals surface area contributed by atoms with Crippen molar-refractivity contribution < 1.29 is 9.18 Å². The highest BCUT2D eigenvalue weighted by Crippen LogP contribution is 2.64. The van der Waals surface area contributed by atoms with Gasteiger partial charge in [-0.3, -0.25) is 4.79 Å². The van der Waals surface area contributed by atoms with Gasteiger partial charge in [-0.25, -0.2) is 4.39 Å². The molecule has 0 radical (unpaired) electrons. The van der Waals surface area contributed by atoms with E-state index in [9.17, 15) is 9.18 Å². The van der Waals surface area contributed by atoms with Gasteiger partial charge >= 0.3 is 0 Å². The molecule has 1 aromatic heterocycles. The number of alkyl halides is 1. The fraction of sp³-hybridized carbons (Fsp3) is 0.550. The number of aromatic nitrogens is 2. The molecule has 1 N–H and O–H groups in total. The van der Waals surface area contributed by atoms with Crippen molar-refractivity contribution in [2.45, 2.75) is 52.9 Å². The van der Waals surface area contributed by atoms with Gasteiger partial charge in [-0.05, 0) is 68.1 Å². The number of benzene rings is 1. The van der Waals surface area contributed by atoms with Crippen LogP contribution < -0.4 is 5.32 Å². The third kappa shape index (κ3) is 3.63. The molecule has 1 heterocycles. The van der Waals surface area contributed by atoms with E-state index >= 15 is 0 Å². The molecule has 4 fully saturated rings. The second-order valence-corrected chi connectivity index (χ2v) is 12.5. The Morgan fingerprint density at radius 2 is 1.93 bits per heavy atom. The monoisotopic (exact) mass is 481 g/mol. The van der Waals surface area contributed by atoms with Crippen LogP contribution in [0.15, 0.2) is 28.6 Å². The smallest absolute Gasteiger partial charge is 0.232 e. The Balaban J connectivity index is 1.23. The number of nitrogens with one attached hydrogen (secondary N) is 1. The Morgan fingerprint density at radius 3 is 2.61 bits per heavy atom. The van der Waals surface area contributed by atoms with Crippen molar-refractivity contribution in [1.82, 2.24) is 10.2 Å². The van der Waals surface area contributed by atoms with Crippen molar-refractivity contribution in [1.29, 1.82) is 0 Å². The van der Waals surface area contributed by atoms with Gasteiger partial charge in [0.2, 0.25) is 11.0 Å². The summed E-state index contributed by atoms with van der Waals surface area (Å²) in [6.45, 7) is 0. The van der Waals surface area contributed by atoms with Crippen molar-refractivity contribution in [3.63, 3.8) is 0 Å². The molecule has 1 aromatic carbocycles. The number of carbonyl (C=O) groups excluding carboxylic acids is 1. The summed E-state index contributed by atoms with van der Waals surface area (Å²) in [7, 11) is 0. The molecular weight excluding hydrogens is 461 g/mol. The zero-order chi connectivity index (χ0) is 19.4. The lowest BCUT2D eigenvalue weighted by Crippen LogP contribution is -2.57. The largest absolute Gasteiger partial charge is 0.300 e. The van der Waals surface area contributed by atoms with E-state index in [1.54, 1.807) is 23.9 Å². The van der Waals surface area contributed by atoms with Gasteiger partial charge in [0.05, 0.1) is 5.41 Å². The van der Waals surface area contributed by atoms with Crippen LogP contribution in [0.3, 0.4) is 0 Å². The molecule has 1 amide bonds. The Labute approximate surface area is 180 Å². The number of amides is 1. The summed E-state index contributed by atoms with van der Waals surface area (Å²) in [4.78, 5) is 13.2. The Hall–Kier alpha value is -0.990. The maximum atomic E-state index is 13.2. The van der Waals surface area contributed by atoms with E-state index in [-0.39, 0.29) is 21.5 Å². The van der Waals surface area contributed by atoms with Crippen LogP contribution in [-0.2, 0) is 10.5 Å². The predicted molar refractivity (Wildman–Crippen MR) is 113 cm³/mol. The van der Waals surface area contributed by atoms with E-state index in [4.69, 9.17) is 0 Å². The summed E-state index contributed by atoms with van der Waals surface area (Å²) in [6.07, 6.45) is 6.65. The number of carbonyl (C=O) groups is 1. The predicted octanol–water partition coefficient (Wildman–Crippen LogP) is 5.64. The number of halogens is 2. The quantitative estimate of drug-likeness (QED) is 0.340. The molecule has 2 aromatic rings. The van der Waals surface area contributed by atoms with E-state index in [0.29, 0.717) is 22.7 Å². The highest BCUT2D eigenvalue weighted by atomic mass is 79.9. The third-order valence-electron chi connectivity index (χ3n) is 6.37. The second-order valence-electron chi connectivity index (χ2n) is 8.63. The molecule has 2 atom stereocenters. The number of rotatable bonds is 5. The maximum Gasteiger partial charge on any atom is 0.232 e. The lowest BCUT2D eigenvalue weighted by Gasteiger charge is -2.59. The van der Waals surface area contributed by atoms with Crippen LogP contribution in [0.4, 0.5) is 9.52 Å². The minimum Gasteiger partial charge on any atom is -0.300 e. The maximum absolute atomic E-state index is 13.2. The van der Waals surface area contributed by atoms with Gasteiger partial charge in [0, 0.05) is 10.1 Å². The average molecular weight is 482 g/mol. The fourth-order valence-corrected chi connectivity index (χ4v) is 8.85. The minimum atomic E-state index is -0.249. The first-order chi connectivity index (χ1) is 13.4. The lowest BCUT2D eigenvalue weighted by molar-refractivity contribution is -0.138. The number of hydrogen-bond acceptors (Lipinski definition) is 5. The Kier molecular flexibility index (Phi) is 4.79. The third-order valence-corrected chi connectivity index (χ3v) is 9.34. The number of nitrogens with zero attached hydrogens (tertiary/aromatic N) is 2. The van der Waals surface area contributed by atoms with Gasteiger partial charge in [0.25, 0.3) is 0 Å². The van der Waals surface area contributed by atoms with E-state index in [1.807, 2.05) is 0 Å². The van der Waals surface area contributed by atoms with E-state index in [1.165, 1.54) is 42.7 Å². The molecule has 0 spiro atoms. The summed E-state index contributed by atoms with van der Waals surface area (Å²) < 4.78 is 14.0. The van der Waals surface area contributed by atoms with Gasteiger partial charge in [-0.15, -0.1) is 10.2 Å². The van der Waals surface area contributed by atoms with Crippen molar-refractivity contribution in [3.05, 3.63) is 35.6 Å². The molecule has 4 aliphatic carbocycles. The standard InChI is InChI=1S/C20H21BrFN3OS2/c21-20-8-13-5-14(9-20)7-19(6-13,11-20)16(26)23-17-24-25-18(28-17)27-10-12-1-3-15(22)4-2-12/h1-4,13-14H,5-11H2,(H,23,24,26). The van der Waals surface area contributed by atoms with Crippen molar-refractivity contribution in [3.8, 4) is 0 Å². The normalized spacial score (nSPS) is 33.2. The highest BCUT2D eigenvalue weighted by molar-refractivity contribution is 9.10. The van der Waals surface area contributed by atoms with Gasteiger partial charge in [-0.1, -0.05) is 51.2 Å². The van der Waals surface area contributed by atoms with Gasteiger partial charge in [0.15, 0.2) is 4.34 Å².